The number of benzene rings is 1. The van der Waals surface area contributed by atoms with Crippen molar-refractivity contribution in [3.8, 4) is 0 Å². The Hall–Kier alpha value is -1.23. The number of nitro benzene ring substituents is 1. The van der Waals surface area contributed by atoms with Crippen LogP contribution in [0.5, 0.6) is 0 Å². The number of rotatable bonds is 6. The summed E-state index contributed by atoms with van der Waals surface area (Å²) in [5, 5.41) is 14.5. The van der Waals surface area contributed by atoms with Gasteiger partial charge in [-0.1, -0.05) is 15.9 Å². The van der Waals surface area contributed by atoms with Gasteiger partial charge in [0.2, 0.25) is 10.0 Å². The number of alkyl halides is 1. The van der Waals surface area contributed by atoms with Crippen LogP contribution in [-0.2, 0) is 14.8 Å². The largest absolute Gasteiger partial charge is 0.383 e. The molecule has 1 fully saturated rings. The van der Waals surface area contributed by atoms with Crippen LogP contribution in [0.25, 0.3) is 0 Å². The Morgan fingerprint density at radius 1 is 1.36 bits per heavy atom. The number of halogens is 1. The number of non-ortho nitro benzene ring substituents is 1. The van der Waals surface area contributed by atoms with Crippen molar-refractivity contribution in [3.05, 3.63) is 28.3 Å². The molecule has 0 radical (unpaired) electrons. The zero-order valence-electron chi connectivity index (χ0n) is 11.7. The van der Waals surface area contributed by atoms with Gasteiger partial charge in [-0.05, 0) is 6.07 Å². The summed E-state index contributed by atoms with van der Waals surface area (Å²) in [5.74, 6) is 0. The van der Waals surface area contributed by atoms with Crippen LogP contribution < -0.4 is 5.32 Å². The van der Waals surface area contributed by atoms with Gasteiger partial charge in [0, 0.05) is 37.1 Å². The Kier molecular flexibility index (Phi) is 5.73. The first kappa shape index (κ1) is 17.1. The molecule has 2 rings (SSSR count). The quantitative estimate of drug-likeness (QED) is 0.445. The fourth-order valence-electron chi connectivity index (χ4n) is 2.09. The molecule has 0 unspecified atom stereocenters. The second-order valence-corrected chi connectivity index (χ2v) is 7.27. The number of ether oxygens (including phenoxy) is 1. The summed E-state index contributed by atoms with van der Waals surface area (Å²) in [6.07, 6.45) is 0. The summed E-state index contributed by atoms with van der Waals surface area (Å²) in [6.45, 7) is 1.62. The third-order valence-corrected chi connectivity index (χ3v) is 5.51. The van der Waals surface area contributed by atoms with Crippen LogP contribution >= 0.6 is 15.9 Å². The summed E-state index contributed by atoms with van der Waals surface area (Å²) < 4.78 is 31.9. The lowest BCUT2D eigenvalue weighted by Crippen LogP contribution is -2.40. The van der Waals surface area contributed by atoms with Crippen LogP contribution in [0.2, 0.25) is 0 Å². The minimum Gasteiger partial charge on any atom is -0.383 e. The van der Waals surface area contributed by atoms with E-state index in [-0.39, 0.29) is 23.7 Å². The summed E-state index contributed by atoms with van der Waals surface area (Å²) in [4.78, 5) is 10.2. The summed E-state index contributed by atoms with van der Waals surface area (Å²) in [6, 6.07) is 3.81. The van der Waals surface area contributed by atoms with E-state index in [0.717, 1.165) is 6.07 Å². The van der Waals surface area contributed by atoms with E-state index in [9.17, 15) is 18.5 Å². The number of sulfonamides is 1. The molecule has 1 aliphatic heterocycles. The second kappa shape index (κ2) is 7.36. The summed E-state index contributed by atoms with van der Waals surface area (Å²) in [5.41, 5.74) is 0.104. The predicted octanol–water partition coefficient (Wildman–Crippen LogP) is 1.42. The van der Waals surface area contributed by atoms with Gasteiger partial charge >= 0.3 is 0 Å². The van der Waals surface area contributed by atoms with Crippen molar-refractivity contribution < 1.29 is 18.1 Å². The first-order valence-corrected chi connectivity index (χ1v) is 9.19. The molecule has 10 heteroatoms. The highest BCUT2D eigenvalue weighted by Crippen LogP contribution is 2.29. The van der Waals surface area contributed by atoms with Gasteiger partial charge in [0.15, 0.2) is 0 Å². The van der Waals surface area contributed by atoms with Crippen LogP contribution in [0.4, 0.5) is 11.4 Å². The molecule has 8 nitrogen and oxygen atoms in total. The van der Waals surface area contributed by atoms with Crippen LogP contribution in [0.1, 0.15) is 0 Å². The molecule has 1 saturated heterocycles. The second-order valence-electron chi connectivity index (χ2n) is 4.57. The van der Waals surface area contributed by atoms with Gasteiger partial charge in [-0.2, -0.15) is 4.31 Å². The Labute approximate surface area is 136 Å². The average Bonchev–Trinajstić information content (AvgIpc) is 2.53. The number of hydrogen-bond acceptors (Lipinski definition) is 6. The number of hydrogen-bond donors (Lipinski definition) is 1. The normalized spacial score (nSPS) is 16.4. The van der Waals surface area contributed by atoms with Gasteiger partial charge in [0.05, 0.1) is 23.8 Å². The van der Waals surface area contributed by atoms with Crippen LogP contribution in [0.3, 0.4) is 0 Å². The van der Waals surface area contributed by atoms with E-state index < -0.39 is 14.9 Å². The summed E-state index contributed by atoms with van der Waals surface area (Å²) >= 11 is 3.25. The molecule has 1 aliphatic rings. The Morgan fingerprint density at radius 2 is 2.05 bits per heavy atom. The van der Waals surface area contributed by atoms with E-state index in [4.69, 9.17) is 4.74 Å². The molecular formula is C12H16BrN3O5S. The maximum absolute atomic E-state index is 12.7. The molecule has 1 N–H and O–H groups in total. The first-order chi connectivity index (χ1) is 10.5. The predicted molar refractivity (Wildman–Crippen MR) is 85.0 cm³/mol. The third-order valence-electron chi connectivity index (χ3n) is 3.17. The highest BCUT2D eigenvalue weighted by molar-refractivity contribution is 9.09. The molecule has 0 aromatic heterocycles. The lowest BCUT2D eigenvalue weighted by Gasteiger charge is -2.27. The van der Waals surface area contributed by atoms with Gasteiger partial charge in [-0.15, -0.1) is 0 Å². The van der Waals surface area contributed by atoms with Crippen LogP contribution in [0, 0.1) is 10.1 Å². The Balaban J connectivity index is 2.44. The van der Waals surface area contributed by atoms with E-state index >= 15 is 0 Å². The zero-order valence-corrected chi connectivity index (χ0v) is 14.1. The molecule has 0 saturated carbocycles. The number of morpholine rings is 1. The van der Waals surface area contributed by atoms with Crippen molar-refractivity contribution in [2.24, 2.45) is 0 Å². The van der Waals surface area contributed by atoms with Gasteiger partial charge in [0.1, 0.15) is 4.90 Å². The molecule has 1 aromatic rings. The van der Waals surface area contributed by atoms with Crippen LogP contribution in [-0.4, -0.2) is 55.8 Å². The van der Waals surface area contributed by atoms with Crippen molar-refractivity contribution >= 4 is 37.3 Å². The highest BCUT2D eigenvalue weighted by atomic mass is 79.9. The van der Waals surface area contributed by atoms with Gasteiger partial charge < -0.3 is 10.1 Å². The van der Waals surface area contributed by atoms with E-state index in [1.54, 1.807) is 0 Å². The molecule has 0 amide bonds. The zero-order chi connectivity index (χ0) is 16.2. The molecule has 1 heterocycles. The molecule has 22 heavy (non-hydrogen) atoms. The lowest BCUT2D eigenvalue weighted by molar-refractivity contribution is -0.385. The van der Waals surface area contributed by atoms with Crippen molar-refractivity contribution in [2.45, 2.75) is 4.90 Å². The highest BCUT2D eigenvalue weighted by Gasteiger charge is 2.30. The van der Waals surface area contributed by atoms with Gasteiger partial charge in [-0.3, -0.25) is 10.1 Å². The minimum atomic E-state index is -3.81. The fraction of sp³-hybridized carbons (Fsp3) is 0.500. The Morgan fingerprint density at radius 3 is 2.64 bits per heavy atom. The van der Waals surface area contributed by atoms with E-state index in [0.29, 0.717) is 30.8 Å². The summed E-state index contributed by atoms with van der Waals surface area (Å²) in [7, 11) is -3.81. The average molecular weight is 394 g/mol. The van der Waals surface area contributed by atoms with Crippen molar-refractivity contribution in [1.29, 1.82) is 0 Å². The molecule has 0 spiro atoms. The lowest BCUT2D eigenvalue weighted by atomic mass is 10.3. The third kappa shape index (κ3) is 3.75. The number of nitro groups is 1. The number of nitrogens with zero attached hydrogens (tertiary/aromatic N) is 2. The van der Waals surface area contributed by atoms with E-state index in [2.05, 4.69) is 21.2 Å². The van der Waals surface area contributed by atoms with Crippen molar-refractivity contribution in [3.63, 3.8) is 0 Å². The molecule has 0 bridgehead atoms. The maximum Gasteiger partial charge on any atom is 0.270 e. The number of nitrogens with one attached hydrogen (secondary N) is 1. The van der Waals surface area contributed by atoms with Crippen molar-refractivity contribution in [2.75, 3.05) is 43.5 Å². The van der Waals surface area contributed by atoms with Crippen molar-refractivity contribution in [1.82, 2.24) is 4.31 Å². The first-order valence-electron chi connectivity index (χ1n) is 6.63. The van der Waals surface area contributed by atoms with E-state index in [1.807, 2.05) is 0 Å². The van der Waals surface area contributed by atoms with Gasteiger partial charge in [0.25, 0.3) is 5.69 Å². The topological polar surface area (TPSA) is 102 Å². The molecule has 0 atom stereocenters. The fourth-order valence-corrected chi connectivity index (χ4v) is 3.89. The van der Waals surface area contributed by atoms with Crippen LogP contribution in [0.15, 0.2) is 23.1 Å². The number of anilines is 1. The SMILES string of the molecule is O=[N+]([O-])c1ccc(NCCBr)c(S(=O)(=O)N2CCOCC2)c1. The monoisotopic (exact) mass is 393 g/mol. The molecule has 122 valence electrons. The minimum absolute atomic E-state index is 0.0791. The molecular weight excluding hydrogens is 378 g/mol. The molecule has 1 aromatic carbocycles. The Bertz CT molecular complexity index is 646. The standard InChI is InChI=1S/C12H16BrN3O5S/c13-3-4-14-11-2-1-10(16(17)18)9-12(11)22(19,20)15-5-7-21-8-6-15/h1-2,9,14H,3-8H2. The smallest absolute Gasteiger partial charge is 0.270 e. The molecule has 0 aliphatic carbocycles. The van der Waals surface area contributed by atoms with E-state index in [1.165, 1.54) is 16.4 Å². The maximum atomic E-state index is 12.7. The van der Waals surface area contributed by atoms with Gasteiger partial charge in [-0.25, -0.2) is 8.42 Å².